The number of nitrogens with zero attached hydrogens (tertiary/aromatic N) is 3. The van der Waals surface area contributed by atoms with Crippen LogP contribution in [0.1, 0.15) is 29.2 Å². The molecule has 1 unspecified atom stereocenters. The van der Waals surface area contributed by atoms with Crippen molar-refractivity contribution in [2.75, 3.05) is 50.1 Å². The van der Waals surface area contributed by atoms with Crippen LogP contribution in [0, 0.1) is 6.92 Å². The molecule has 2 fully saturated rings. The highest BCUT2D eigenvalue weighted by atomic mass is 32.2. The van der Waals surface area contributed by atoms with Gasteiger partial charge in [-0.2, -0.15) is 4.31 Å². The van der Waals surface area contributed by atoms with Gasteiger partial charge in [0.1, 0.15) is 11.5 Å². The summed E-state index contributed by atoms with van der Waals surface area (Å²) in [5, 5.41) is 6.09. The van der Waals surface area contributed by atoms with Gasteiger partial charge in [-0.1, -0.05) is 0 Å². The van der Waals surface area contributed by atoms with E-state index in [1.807, 2.05) is 0 Å². The topological polar surface area (TPSA) is 123 Å². The number of aryl methyl sites for hydroxylation is 1. The minimum Gasteiger partial charge on any atom is -0.381 e. The molecule has 2 aliphatic heterocycles. The smallest absolute Gasteiger partial charge is 0.274 e. The van der Waals surface area contributed by atoms with Gasteiger partial charge in [-0.25, -0.2) is 18.4 Å². The normalized spacial score (nSPS) is 19.6. The third kappa shape index (κ3) is 5.23. The highest BCUT2D eigenvalue weighted by molar-refractivity contribution is 7.89. The van der Waals surface area contributed by atoms with Crippen molar-refractivity contribution in [2.24, 2.45) is 0 Å². The first-order valence-electron chi connectivity index (χ1n) is 10.6. The van der Waals surface area contributed by atoms with Gasteiger partial charge in [0.15, 0.2) is 0 Å². The van der Waals surface area contributed by atoms with Gasteiger partial charge in [0.25, 0.3) is 5.91 Å². The number of rotatable bonds is 7. The minimum absolute atomic E-state index is 0.0832. The van der Waals surface area contributed by atoms with E-state index >= 15 is 0 Å². The van der Waals surface area contributed by atoms with E-state index in [4.69, 9.17) is 9.47 Å². The monoisotopic (exact) mass is 461 g/mol. The second-order valence-corrected chi connectivity index (χ2v) is 9.62. The summed E-state index contributed by atoms with van der Waals surface area (Å²) in [6.45, 7) is 4.30. The second kappa shape index (κ2) is 9.90. The van der Waals surface area contributed by atoms with Gasteiger partial charge in [0.2, 0.25) is 10.0 Å². The Morgan fingerprint density at radius 3 is 2.72 bits per heavy atom. The van der Waals surface area contributed by atoms with Gasteiger partial charge in [-0.3, -0.25) is 4.79 Å². The maximum absolute atomic E-state index is 13.1. The molecule has 0 saturated carbocycles. The molecule has 2 saturated heterocycles. The lowest BCUT2D eigenvalue weighted by molar-refractivity contribution is 0.0730. The van der Waals surface area contributed by atoms with Crippen molar-refractivity contribution in [3.8, 4) is 0 Å². The van der Waals surface area contributed by atoms with E-state index in [1.54, 1.807) is 19.1 Å². The number of amides is 1. The van der Waals surface area contributed by atoms with Crippen LogP contribution in [-0.2, 0) is 19.5 Å². The number of carbonyl (C=O) groups excluding carboxylic acids is 1. The Kier molecular flexibility index (Phi) is 6.99. The average molecular weight is 462 g/mol. The average Bonchev–Trinajstić information content (AvgIpc) is 3.32. The zero-order chi connectivity index (χ0) is 22.6. The third-order valence-electron chi connectivity index (χ3n) is 5.40. The molecule has 3 heterocycles. The van der Waals surface area contributed by atoms with E-state index in [9.17, 15) is 13.2 Å². The van der Waals surface area contributed by atoms with Gasteiger partial charge < -0.3 is 20.1 Å². The first kappa shape index (κ1) is 22.6. The van der Waals surface area contributed by atoms with Crippen LogP contribution in [0.4, 0.5) is 11.4 Å². The van der Waals surface area contributed by atoms with Gasteiger partial charge in [-0.15, -0.1) is 0 Å². The van der Waals surface area contributed by atoms with Crippen molar-refractivity contribution in [2.45, 2.75) is 30.8 Å². The Morgan fingerprint density at radius 1 is 1.19 bits per heavy atom. The fraction of sp³-hybridized carbons (Fsp3) is 0.476. The van der Waals surface area contributed by atoms with E-state index in [1.165, 1.54) is 22.6 Å². The Morgan fingerprint density at radius 2 is 2.00 bits per heavy atom. The molecule has 1 amide bonds. The zero-order valence-electron chi connectivity index (χ0n) is 17.9. The maximum Gasteiger partial charge on any atom is 0.274 e. The molecule has 0 bridgehead atoms. The molecule has 0 aliphatic carbocycles. The van der Waals surface area contributed by atoms with Crippen LogP contribution in [0.25, 0.3) is 0 Å². The molecule has 2 N–H and O–H groups in total. The summed E-state index contributed by atoms with van der Waals surface area (Å²) >= 11 is 0. The van der Waals surface area contributed by atoms with Crippen LogP contribution in [0.2, 0.25) is 0 Å². The lowest BCUT2D eigenvalue weighted by atomic mass is 10.2. The number of anilines is 2. The van der Waals surface area contributed by atoms with Gasteiger partial charge in [0.05, 0.1) is 35.6 Å². The summed E-state index contributed by atoms with van der Waals surface area (Å²) in [5.41, 5.74) is 1.17. The number of ether oxygens (including phenoxy) is 2. The Labute approximate surface area is 187 Å². The fourth-order valence-corrected chi connectivity index (χ4v) is 5.11. The van der Waals surface area contributed by atoms with Gasteiger partial charge in [0, 0.05) is 32.4 Å². The largest absolute Gasteiger partial charge is 0.381 e. The molecule has 10 nitrogen and oxygen atoms in total. The molecule has 1 atom stereocenters. The van der Waals surface area contributed by atoms with Gasteiger partial charge in [-0.05, 0) is 44.0 Å². The molecule has 1 aromatic heterocycles. The van der Waals surface area contributed by atoms with Crippen molar-refractivity contribution < 1.29 is 22.7 Å². The number of benzene rings is 1. The number of hydrogen-bond donors (Lipinski definition) is 2. The van der Waals surface area contributed by atoms with Crippen LogP contribution >= 0.6 is 0 Å². The SMILES string of the molecule is Cc1nccc(C(=O)Nc2cc(S(=O)(=O)N3CCOCC3)ccc2NCC2CCCO2)n1. The number of sulfonamides is 1. The van der Waals surface area contributed by atoms with Crippen molar-refractivity contribution in [1.29, 1.82) is 0 Å². The van der Waals surface area contributed by atoms with Crippen LogP contribution in [0.15, 0.2) is 35.4 Å². The van der Waals surface area contributed by atoms with Crippen LogP contribution < -0.4 is 10.6 Å². The van der Waals surface area contributed by atoms with Crippen molar-refractivity contribution in [3.63, 3.8) is 0 Å². The summed E-state index contributed by atoms with van der Waals surface area (Å²) < 4.78 is 38.5. The maximum atomic E-state index is 13.1. The Balaban J connectivity index is 1.61. The predicted octanol–water partition coefficient (Wildman–Crippen LogP) is 1.65. The van der Waals surface area contributed by atoms with Crippen LogP contribution in [0.5, 0.6) is 0 Å². The molecular formula is C21H27N5O5S. The molecule has 0 radical (unpaired) electrons. The molecule has 2 aliphatic rings. The van der Waals surface area contributed by atoms with E-state index in [-0.39, 0.29) is 16.7 Å². The molecule has 1 aromatic carbocycles. The lowest BCUT2D eigenvalue weighted by Gasteiger charge is -2.26. The quantitative estimate of drug-likeness (QED) is 0.638. The van der Waals surface area contributed by atoms with Crippen LogP contribution in [0.3, 0.4) is 0 Å². The van der Waals surface area contributed by atoms with Gasteiger partial charge >= 0.3 is 0 Å². The number of hydrogen-bond acceptors (Lipinski definition) is 8. The molecule has 32 heavy (non-hydrogen) atoms. The first-order chi connectivity index (χ1) is 15.4. The minimum atomic E-state index is -3.72. The van der Waals surface area contributed by atoms with E-state index in [0.29, 0.717) is 50.0 Å². The fourth-order valence-electron chi connectivity index (χ4n) is 3.68. The number of nitrogens with one attached hydrogen (secondary N) is 2. The summed E-state index contributed by atoms with van der Waals surface area (Å²) in [6.07, 6.45) is 3.56. The zero-order valence-corrected chi connectivity index (χ0v) is 18.7. The predicted molar refractivity (Wildman–Crippen MR) is 118 cm³/mol. The molecular weight excluding hydrogens is 434 g/mol. The number of morpholine rings is 1. The summed E-state index contributed by atoms with van der Waals surface area (Å²) in [5.74, 6) is 0.0228. The van der Waals surface area contributed by atoms with Crippen molar-refractivity contribution >= 4 is 27.3 Å². The summed E-state index contributed by atoms with van der Waals surface area (Å²) in [6, 6.07) is 6.21. The Bertz CT molecular complexity index is 1070. The van der Waals surface area contributed by atoms with Crippen molar-refractivity contribution in [3.05, 3.63) is 42.0 Å². The first-order valence-corrected chi connectivity index (χ1v) is 12.1. The van der Waals surface area contributed by atoms with E-state index in [2.05, 4.69) is 20.6 Å². The van der Waals surface area contributed by atoms with Crippen molar-refractivity contribution in [1.82, 2.24) is 14.3 Å². The van der Waals surface area contributed by atoms with E-state index < -0.39 is 15.9 Å². The summed E-state index contributed by atoms with van der Waals surface area (Å²) in [4.78, 5) is 21.1. The molecule has 0 spiro atoms. The third-order valence-corrected chi connectivity index (χ3v) is 7.29. The lowest BCUT2D eigenvalue weighted by Crippen LogP contribution is -2.40. The highest BCUT2D eigenvalue weighted by Gasteiger charge is 2.27. The molecule has 4 rings (SSSR count). The van der Waals surface area contributed by atoms with E-state index in [0.717, 1.165) is 19.4 Å². The van der Waals surface area contributed by atoms with Crippen LogP contribution in [-0.4, -0.2) is 74.2 Å². The molecule has 2 aromatic rings. The second-order valence-electron chi connectivity index (χ2n) is 7.68. The number of aromatic nitrogens is 2. The summed E-state index contributed by atoms with van der Waals surface area (Å²) in [7, 11) is -3.72. The number of carbonyl (C=O) groups is 1. The molecule has 172 valence electrons. The Hall–Kier alpha value is -2.60. The standard InChI is InChI=1S/C21H27N5O5S/c1-15-22-7-6-19(24-15)21(27)25-20-13-17(32(28,29)26-8-11-30-12-9-26)4-5-18(20)23-14-16-3-2-10-31-16/h4-7,13,16,23H,2-3,8-12,14H2,1H3,(H,25,27). The highest BCUT2D eigenvalue weighted by Crippen LogP contribution is 2.29. The molecule has 11 heteroatoms.